The van der Waals surface area contributed by atoms with Crippen LogP contribution in [0.3, 0.4) is 0 Å². The number of hydrogen-bond acceptors (Lipinski definition) is 5. The number of anilines is 1. The summed E-state index contributed by atoms with van der Waals surface area (Å²) >= 11 is 1.53. The molecule has 2 rings (SSSR count). The molecule has 100 valence electrons. The summed E-state index contributed by atoms with van der Waals surface area (Å²) in [5.74, 6) is -0.627. The molecule has 5 nitrogen and oxygen atoms in total. The van der Waals surface area contributed by atoms with Gasteiger partial charge in [-0.05, 0) is 26.0 Å². The van der Waals surface area contributed by atoms with Crippen molar-refractivity contribution in [1.82, 2.24) is 4.98 Å². The maximum Gasteiger partial charge on any atom is 0.295 e. The Kier molecular flexibility index (Phi) is 3.75. The standard InChI is InChI=1S/C12H12FN3O2S/c1-7-8(2)19-12(15-7)6-14-10-4-3-9(13)5-11(10)16(17)18/h3-5,14H,6H2,1-2H3. The lowest BCUT2D eigenvalue weighted by Crippen LogP contribution is -2.02. The molecule has 19 heavy (non-hydrogen) atoms. The Morgan fingerprint density at radius 2 is 2.21 bits per heavy atom. The molecule has 0 atom stereocenters. The van der Waals surface area contributed by atoms with Gasteiger partial charge in [0.05, 0.1) is 23.2 Å². The van der Waals surface area contributed by atoms with Crippen molar-refractivity contribution in [2.24, 2.45) is 0 Å². The van der Waals surface area contributed by atoms with Crippen molar-refractivity contribution in [1.29, 1.82) is 0 Å². The third-order valence-corrected chi connectivity index (χ3v) is 3.73. The van der Waals surface area contributed by atoms with E-state index in [0.29, 0.717) is 6.54 Å². The summed E-state index contributed by atoms with van der Waals surface area (Å²) in [6.45, 7) is 4.26. The molecule has 0 aliphatic carbocycles. The van der Waals surface area contributed by atoms with E-state index in [0.717, 1.165) is 21.6 Å². The lowest BCUT2D eigenvalue weighted by atomic mass is 10.2. The van der Waals surface area contributed by atoms with E-state index in [1.807, 2.05) is 13.8 Å². The molecule has 0 fully saturated rings. The number of benzene rings is 1. The summed E-state index contributed by atoms with van der Waals surface area (Å²) in [6.07, 6.45) is 0. The molecular weight excluding hydrogens is 269 g/mol. The Morgan fingerprint density at radius 1 is 1.47 bits per heavy atom. The molecule has 2 aromatic rings. The average molecular weight is 281 g/mol. The van der Waals surface area contributed by atoms with Gasteiger partial charge in [0.2, 0.25) is 0 Å². The first kappa shape index (κ1) is 13.4. The third-order valence-electron chi connectivity index (χ3n) is 2.66. The summed E-state index contributed by atoms with van der Waals surface area (Å²) in [5.41, 5.74) is 0.970. The molecule has 0 aliphatic heterocycles. The fourth-order valence-corrected chi connectivity index (χ4v) is 2.46. The minimum absolute atomic E-state index is 0.273. The summed E-state index contributed by atoms with van der Waals surface area (Å²) in [7, 11) is 0. The number of rotatable bonds is 4. The molecule has 0 radical (unpaired) electrons. The largest absolute Gasteiger partial charge is 0.373 e. The van der Waals surface area contributed by atoms with Gasteiger partial charge >= 0.3 is 0 Å². The van der Waals surface area contributed by atoms with Crippen LogP contribution in [0.2, 0.25) is 0 Å². The van der Waals surface area contributed by atoms with E-state index in [-0.39, 0.29) is 11.4 Å². The van der Waals surface area contributed by atoms with Crippen LogP contribution in [-0.2, 0) is 6.54 Å². The van der Waals surface area contributed by atoms with E-state index >= 15 is 0 Å². The highest BCUT2D eigenvalue weighted by molar-refractivity contribution is 7.11. The predicted molar refractivity (Wildman–Crippen MR) is 72.0 cm³/mol. The molecule has 7 heteroatoms. The smallest absolute Gasteiger partial charge is 0.295 e. The van der Waals surface area contributed by atoms with Gasteiger partial charge in [-0.2, -0.15) is 0 Å². The normalized spacial score (nSPS) is 10.5. The maximum atomic E-state index is 13.0. The van der Waals surface area contributed by atoms with Crippen LogP contribution < -0.4 is 5.32 Å². The summed E-state index contributed by atoms with van der Waals surface area (Å²) in [4.78, 5) is 15.7. The molecule has 1 aromatic carbocycles. The highest BCUT2D eigenvalue weighted by Crippen LogP contribution is 2.26. The molecule has 0 saturated carbocycles. The first-order valence-electron chi connectivity index (χ1n) is 5.58. The first-order chi connectivity index (χ1) is 8.97. The van der Waals surface area contributed by atoms with Crippen molar-refractivity contribution < 1.29 is 9.31 Å². The number of thiazole rings is 1. The SMILES string of the molecule is Cc1nc(CNc2ccc(F)cc2[N+](=O)[O-])sc1C. The van der Waals surface area contributed by atoms with Crippen molar-refractivity contribution in [2.75, 3.05) is 5.32 Å². The minimum atomic E-state index is -0.627. The average Bonchev–Trinajstić information content (AvgIpc) is 2.67. The van der Waals surface area contributed by atoms with Gasteiger partial charge in [0.25, 0.3) is 5.69 Å². The van der Waals surface area contributed by atoms with E-state index in [1.54, 1.807) is 0 Å². The van der Waals surface area contributed by atoms with E-state index in [4.69, 9.17) is 0 Å². The number of nitro benzene ring substituents is 1. The molecule has 1 N–H and O–H groups in total. The second-order valence-corrected chi connectivity index (χ2v) is 5.31. The molecule has 1 heterocycles. The van der Waals surface area contributed by atoms with E-state index < -0.39 is 10.7 Å². The second-order valence-electron chi connectivity index (χ2n) is 4.02. The summed E-state index contributed by atoms with van der Waals surface area (Å²) < 4.78 is 13.0. The van der Waals surface area contributed by atoms with Gasteiger partial charge in [-0.15, -0.1) is 11.3 Å². The molecule has 1 aromatic heterocycles. The van der Waals surface area contributed by atoms with Gasteiger partial charge < -0.3 is 5.32 Å². The van der Waals surface area contributed by atoms with E-state index in [1.165, 1.54) is 23.5 Å². The highest BCUT2D eigenvalue weighted by atomic mass is 32.1. The molecule has 0 amide bonds. The quantitative estimate of drug-likeness (QED) is 0.688. The van der Waals surface area contributed by atoms with Gasteiger partial charge in [0, 0.05) is 4.88 Å². The summed E-state index contributed by atoms with van der Waals surface area (Å²) in [5, 5.41) is 14.6. The third kappa shape index (κ3) is 3.05. The zero-order valence-electron chi connectivity index (χ0n) is 10.4. The van der Waals surface area contributed by atoms with Gasteiger partial charge in [0.15, 0.2) is 0 Å². The molecule has 0 bridgehead atoms. The van der Waals surface area contributed by atoms with Gasteiger partial charge in [0.1, 0.15) is 16.5 Å². The Bertz CT molecular complexity index is 608. The molecule has 0 aliphatic rings. The number of aromatic nitrogens is 1. The van der Waals surface area contributed by atoms with Gasteiger partial charge in [-0.1, -0.05) is 0 Å². The molecule has 0 spiro atoms. The Hall–Kier alpha value is -2.02. The zero-order valence-corrected chi connectivity index (χ0v) is 11.3. The van der Waals surface area contributed by atoms with Crippen LogP contribution >= 0.6 is 11.3 Å². The van der Waals surface area contributed by atoms with Crippen LogP contribution in [0.25, 0.3) is 0 Å². The van der Waals surface area contributed by atoms with E-state index in [2.05, 4.69) is 10.3 Å². The molecule has 0 saturated heterocycles. The van der Waals surface area contributed by atoms with Crippen molar-refractivity contribution in [3.05, 3.63) is 49.7 Å². The molecule has 0 unspecified atom stereocenters. The van der Waals surface area contributed by atoms with Gasteiger partial charge in [-0.3, -0.25) is 10.1 Å². The first-order valence-corrected chi connectivity index (χ1v) is 6.39. The minimum Gasteiger partial charge on any atom is -0.373 e. The fraction of sp³-hybridized carbons (Fsp3) is 0.250. The lowest BCUT2D eigenvalue weighted by molar-refractivity contribution is -0.384. The van der Waals surface area contributed by atoms with Crippen molar-refractivity contribution in [3.8, 4) is 0 Å². The maximum absolute atomic E-state index is 13.0. The second kappa shape index (κ2) is 5.31. The number of hydrogen-bond donors (Lipinski definition) is 1. The van der Waals surface area contributed by atoms with Crippen LogP contribution in [0.1, 0.15) is 15.6 Å². The zero-order chi connectivity index (χ0) is 14.0. The number of nitro groups is 1. The summed E-state index contributed by atoms with van der Waals surface area (Å²) in [6, 6.07) is 3.45. The van der Waals surface area contributed by atoms with Crippen molar-refractivity contribution in [3.63, 3.8) is 0 Å². The predicted octanol–water partition coefficient (Wildman–Crippen LogP) is 3.42. The topological polar surface area (TPSA) is 68.1 Å². The Morgan fingerprint density at radius 3 is 2.79 bits per heavy atom. The number of nitrogens with one attached hydrogen (secondary N) is 1. The van der Waals surface area contributed by atoms with Crippen LogP contribution in [0.4, 0.5) is 15.8 Å². The van der Waals surface area contributed by atoms with Crippen molar-refractivity contribution >= 4 is 22.7 Å². The number of halogens is 1. The Balaban J connectivity index is 2.17. The van der Waals surface area contributed by atoms with Crippen LogP contribution in [-0.4, -0.2) is 9.91 Å². The Labute approximate surface area is 113 Å². The number of aryl methyl sites for hydroxylation is 2. The van der Waals surface area contributed by atoms with Crippen LogP contribution in [0.5, 0.6) is 0 Å². The number of nitrogens with zero attached hydrogens (tertiary/aromatic N) is 2. The fourth-order valence-electron chi connectivity index (χ4n) is 1.59. The van der Waals surface area contributed by atoms with Crippen LogP contribution in [0.15, 0.2) is 18.2 Å². The lowest BCUT2D eigenvalue weighted by Gasteiger charge is -2.05. The molecular formula is C12H12FN3O2S. The monoisotopic (exact) mass is 281 g/mol. The van der Waals surface area contributed by atoms with Crippen LogP contribution in [0, 0.1) is 29.8 Å². The van der Waals surface area contributed by atoms with Crippen molar-refractivity contribution in [2.45, 2.75) is 20.4 Å². The van der Waals surface area contributed by atoms with E-state index in [9.17, 15) is 14.5 Å². The highest BCUT2D eigenvalue weighted by Gasteiger charge is 2.15. The van der Waals surface area contributed by atoms with Gasteiger partial charge in [-0.25, -0.2) is 9.37 Å².